The number of halogens is 1. The number of nitrogens with zero attached hydrogens (tertiary/aromatic N) is 2. The van der Waals surface area contributed by atoms with Gasteiger partial charge < -0.3 is 25.0 Å². The van der Waals surface area contributed by atoms with E-state index in [0.29, 0.717) is 24.3 Å². The third-order valence-corrected chi connectivity index (χ3v) is 5.04. The summed E-state index contributed by atoms with van der Waals surface area (Å²) in [6, 6.07) is 8.03. The van der Waals surface area contributed by atoms with E-state index in [4.69, 9.17) is 14.5 Å². The van der Waals surface area contributed by atoms with Crippen LogP contribution in [0.15, 0.2) is 29.3 Å². The van der Waals surface area contributed by atoms with Gasteiger partial charge in [0.25, 0.3) is 0 Å². The molecule has 162 valence electrons. The molecule has 7 nitrogen and oxygen atoms in total. The molecule has 1 atom stereocenters. The van der Waals surface area contributed by atoms with Crippen molar-refractivity contribution in [1.29, 1.82) is 0 Å². The van der Waals surface area contributed by atoms with E-state index in [2.05, 4.69) is 10.6 Å². The first-order valence-corrected chi connectivity index (χ1v) is 10.1. The molecular formula is C21H33IN4O3. The van der Waals surface area contributed by atoms with Crippen molar-refractivity contribution in [2.45, 2.75) is 25.8 Å². The Kier molecular flexibility index (Phi) is 9.99. The molecule has 8 heteroatoms. The first-order chi connectivity index (χ1) is 13.6. The third-order valence-electron chi connectivity index (χ3n) is 5.04. The molecule has 29 heavy (non-hydrogen) atoms. The number of amides is 1. The van der Waals surface area contributed by atoms with E-state index in [1.54, 1.807) is 19.0 Å². The maximum absolute atomic E-state index is 11.9. The number of rotatable bonds is 9. The van der Waals surface area contributed by atoms with Crippen LogP contribution in [0.1, 0.15) is 24.8 Å². The summed E-state index contributed by atoms with van der Waals surface area (Å²) in [5.41, 5.74) is 1.05. The van der Waals surface area contributed by atoms with Crippen LogP contribution >= 0.6 is 24.0 Å². The zero-order chi connectivity index (χ0) is 19.8. The number of ether oxygens (including phenoxy) is 2. The molecule has 2 aliphatic rings. The highest BCUT2D eigenvalue weighted by Gasteiger charge is 2.22. The van der Waals surface area contributed by atoms with Gasteiger partial charge in [-0.2, -0.15) is 0 Å². The molecule has 2 N–H and O–H groups in total. The van der Waals surface area contributed by atoms with E-state index >= 15 is 0 Å². The number of aliphatic imine (C=N–C) groups is 1. The van der Waals surface area contributed by atoms with Gasteiger partial charge in [0.05, 0.1) is 26.3 Å². The standard InChI is InChI=1S/C21H32N4O3.HI/c1-25(2)20(26)13-24-21(22-11-17-9-10-27-14-17)23-12-18-5-3-4-6-19(18)28-15-16-7-8-16;/h3-6,16-17H,7-15H2,1-2H3,(H2,22,23,24);1H. The van der Waals surface area contributed by atoms with E-state index < -0.39 is 0 Å². The van der Waals surface area contributed by atoms with E-state index in [1.165, 1.54) is 12.8 Å². The summed E-state index contributed by atoms with van der Waals surface area (Å²) in [5, 5.41) is 6.49. The van der Waals surface area contributed by atoms with E-state index in [-0.39, 0.29) is 36.4 Å². The summed E-state index contributed by atoms with van der Waals surface area (Å²) in [6.07, 6.45) is 3.58. The van der Waals surface area contributed by atoms with Crippen LogP contribution < -0.4 is 15.4 Å². The number of benzene rings is 1. The second-order valence-electron chi connectivity index (χ2n) is 7.78. The predicted molar refractivity (Wildman–Crippen MR) is 125 cm³/mol. The van der Waals surface area contributed by atoms with Crippen molar-refractivity contribution in [3.63, 3.8) is 0 Å². The molecule has 2 fully saturated rings. The molecule has 1 amide bonds. The summed E-state index contributed by atoms with van der Waals surface area (Å²) in [4.78, 5) is 18.2. The number of carbonyl (C=O) groups is 1. The van der Waals surface area contributed by atoms with Gasteiger partial charge in [0.2, 0.25) is 5.91 Å². The Morgan fingerprint density at radius 1 is 1.21 bits per heavy atom. The molecule has 1 unspecified atom stereocenters. The highest BCUT2D eigenvalue weighted by Crippen LogP contribution is 2.30. The Hall–Kier alpha value is -1.55. The van der Waals surface area contributed by atoms with Crippen LogP contribution in [0.4, 0.5) is 0 Å². The molecule has 0 aromatic heterocycles. The zero-order valence-corrected chi connectivity index (χ0v) is 19.7. The lowest BCUT2D eigenvalue weighted by atomic mass is 10.1. The summed E-state index contributed by atoms with van der Waals surface area (Å²) in [5.74, 6) is 2.73. The summed E-state index contributed by atoms with van der Waals surface area (Å²) >= 11 is 0. The molecule has 0 radical (unpaired) electrons. The van der Waals surface area contributed by atoms with E-state index in [1.807, 2.05) is 24.3 Å². The topological polar surface area (TPSA) is 75.2 Å². The molecule has 1 aromatic carbocycles. The predicted octanol–water partition coefficient (Wildman–Crippen LogP) is 2.25. The minimum Gasteiger partial charge on any atom is -0.493 e. The lowest BCUT2D eigenvalue weighted by Gasteiger charge is -2.17. The molecule has 1 saturated heterocycles. The van der Waals surface area contributed by atoms with Gasteiger partial charge in [-0.1, -0.05) is 18.2 Å². The fourth-order valence-electron chi connectivity index (χ4n) is 2.91. The maximum atomic E-state index is 11.9. The van der Waals surface area contributed by atoms with Crippen LogP contribution in [-0.4, -0.2) is 63.8 Å². The van der Waals surface area contributed by atoms with Crippen LogP contribution in [0.5, 0.6) is 5.75 Å². The van der Waals surface area contributed by atoms with Gasteiger partial charge in [-0.15, -0.1) is 24.0 Å². The smallest absolute Gasteiger partial charge is 0.241 e. The largest absolute Gasteiger partial charge is 0.493 e. The normalized spacial score (nSPS) is 18.7. The SMILES string of the molecule is CN(C)C(=O)CNC(=NCc1ccccc1OCC1CC1)NCC1CCOC1.I. The number of nitrogens with one attached hydrogen (secondary N) is 2. The van der Waals surface area contributed by atoms with Crippen LogP contribution in [-0.2, 0) is 16.1 Å². The van der Waals surface area contributed by atoms with Gasteiger partial charge in [0.1, 0.15) is 5.75 Å². The van der Waals surface area contributed by atoms with Gasteiger partial charge in [-0.05, 0) is 31.2 Å². The Morgan fingerprint density at radius 2 is 2.00 bits per heavy atom. The average molecular weight is 516 g/mol. The van der Waals surface area contributed by atoms with Crippen molar-refractivity contribution in [2.75, 3.05) is 47.0 Å². The second-order valence-corrected chi connectivity index (χ2v) is 7.78. The number of likely N-dealkylation sites (N-methyl/N-ethyl adjacent to an activating group) is 1. The van der Waals surface area contributed by atoms with Gasteiger partial charge in [0.15, 0.2) is 5.96 Å². The third kappa shape index (κ3) is 8.38. The molecule has 1 heterocycles. The summed E-state index contributed by atoms with van der Waals surface area (Å²) in [6.45, 7) is 3.85. The number of hydrogen-bond donors (Lipinski definition) is 2. The van der Waals surface area contributed by atoms with E-state index in [9.17, 15) is 4.79 Å². The van der Waals surface area contributed by atoms with Gasteiger partial charge in [-0.25, -0.2) is 4.99 Å². The molecule has 1 aliphatic carbocycles. The molecule has 1 aromatic rings. The van der Waals surface area contributed by atoms with Crippen LogP contribution in [0.2, 0.25) is 0 Å². The Balaban J connectivity index is 0.00000300. The first-order valence-electron chi connectivity index (χ1n) is 10.1. The minimum atomic E-state index is 0. The lowest BCUT2D eigenvalue weighted by Crippen LogP contribution is -2.44. The zero-order valence-electron chi connectivity index (χ0n) is 17.4. The summed E-state index contributed by atoms with van der Waals surface area (Å²) in [7, 11) is 3.50. The molecular weight excluding hydrogens is 483 g/mol. The highest BCUT2D eigenvalue weighted by atomic mass is 127. The number of guanidine groups is 1. The van der Waals surface area contributed by atoms with E-state index in [0.717, 1.165) is 44.1 Å². The Labute approximate surface area is 190 Å². The fraction of sp³-hybridized carbons (Fsp3) is 0.619. The number of carbonyl (C=O) groups excluding carboxylic acids is 1. The lowest BCUT2D eigenvalue weighted by molar-refractivity contribution is -0.127. The second kappa shape index (κ2) is 12.2. The van der Waals surface area contributed by atoms with Crippen molar-refractivity contribution >= 4 is 35.8 Å². The molecule has 3 rings (SSSR count). The van der Waals surface area contributed by atoms with Gasteiger partial charge in [0, 0.05) is 38.7 Å². The molecule has 0 bridgehead atoms. The fourth-order valence-corrected chi connectivity index (χ4v) is 2.91. The quantitative estimate of drug-likeness (QED) is 0.299. The number of hydrogen-bond acceptors (Lipinski definition) is 4. The minimum absolute atomic E-state index is 0. The Morgan fingerprint density at radius 3 is 2.69 bits per heavy atom. The maximum Gasteiger partial charge on any atom is 0.241 e. The summed E-state index contributed by atoms with van der Waals surface area (Å²) < 4.78 is 11.4. The molecule has 0 spiro atoms. The van der Waals surface area contributed by atoms with Crippen molar-refractivity contribution in [2.24, 2.45) is 16.8 Å². The highest BCUT2D eigenvalue weighted by molar-refractivity contribution is 14.0. The van der Waals surface area contributed by atoms with Crippen molar-refractivity contribution in [1.82, 2.24) is 15.5 Å². The van der Waals surface area contributed by atoms with Crippen molar-refractivity contribution in [3.05, 3.63) is 29.8 Å². The van der Waals surface area contributed by atoms with Gasteiger partial charge >= 0.3 is 0 Å². The van der Waals surface area contributed by atoms with Crippen LogP contribution in [0.25, 0.3) is 0 Å². The van der Waals surface area contributed by atoms with Crippen molar-refractivity contribution < 1.29 is 14.3 Å². The van der Waals surface area contributed by atoms with Gasteiger partial charge in [-0.3, -0.25) is 4.79 Å². The Bertz CT molecular complexity index is 674. The van der Waals surface area contributed by atoms with Crippen LogP contribution in [0.3, 0.4) is 0 Å². The van der Waals surface area contributed by atoms with Crippen LogP contribution in [0, 0.1) is 11.8 Å². The number of para-hydroxylation sites is 1. The first kappa shape index (κ1) is 23.7. The molecule has 1 aliphatic heterocycles. The molecule has 1 saturated carbocycles. The van der Waals surface area contributed by atoms with Crippen molar-refractivity contribution in [3.8, 4) is 5.75 Å². The average Bonchev–Trinajstić information content (AvgIpc) is 3.38. The monoisotopic (exact) mass is 516 g/mol.